The van der Waals surface area contributed by atoms with E-state index in [0.29, 0.717) is 10.7 Å². The molecule has 82 valence electrons. The van der Waals surface area contributed by atoms with Gasteiger partial charge in [-0.15, -0.1) is 11.3 Å². The maximum Gasteiger partial charge on any atom is 0.257 e. The molecule has 0 saturated carbocycles. The number of carbonyl (C=O) groups is 1. The fraction of sp³-hybridized carbons (Fsp3) is 0.167. The van der Waals surface area contributed by atoms with Gasteiger partial charge in [0.15, 0.2) is 5.13 Å². The van der Waals surface area contributed by atoms with Gasteiger partial charge in [0.25, 0.3) is 5.91 Å². The van der Waals surface area contributed by atoms with Gasteiger partial charge in [-0.25, -0.2) is 4.98 Å². The lowest BCUT2D eigenvalue weighted by Gasteiger charge is -2.06. The Balaban J connectivity index is 2.24. The number of hydrogen-bond acceptors (Lipinski definition) is 3. The minimum atomic E-state index is -0.101. The summed E-state index contributed by atoms with van der Waals surface area (Å²) in [5.41, 5.74) is 2.75. The molecule has 1 aromatic carbocycles. The predicted molar refractivity (Wildman–Crippen MR) is 66.0 cm³/mol. The third kappa shape index (κ3) is 2.28. The zero-order valence-corrected chi connectivity index (χ0v) is 9.97. The second-order valence-corrected chi connectivity index (χ2v) is 4.50. The van der Waals surface area contributed by atoms with Gasteiger partial charge < -0.3 is 0 Å². The van der Waals surface area contributed by atoms with Crippen LogP contribution < -0.4 is 5.32 Å². The summed E-state index contributed by atoms with van der Waals surface area (Å²) in [7, 11) is 0. The lowest BCUT2D eigenvalue weighted by atomic mass is 10.1. The molecule has 16 heavy (non-hydrogen) atoms. The molecule has 0 unspecified atom stereocenters. The highest BCUT2D eigenvalue weighted by Gasteiger charge is 2.10. The van der Waals surface area contributed by atoms with Gasteiger partial charge in [-0.05, 0) is 25.5 Å². The van der Waals surface area contributed by atoms with Crippen LogP contribution in [0.2, 0.25) is 0 Å². The summed E-state index contributed by atoms with van der Waals surface area (Å²) in [6.45, 7) is 3.90. The van der Waals surface area contributed by atoms with Crippen LogP contribution in [0.5, 0.6) is 0 Å². The van der Waals surface area contributed by atoms with Crippen molar-refractivity contribution in [1.29, 1.82) is 0 Å². The first kappa shape index (κ1) is 10.8. The Morgan fingerprint density at radius 3 is 2.88 bits per heavy atom. The van der Waals surface area contributed by atoms with E-state index in [4.69, 9.17) is 0 Å². The SMILES string of the molecule is Cc1ccc(C)c(C(=O)Nc2nccs2)c1. The predicted octanol–water partition coefficient (Wildman–Crippen LogP) is 3.01. The highest BCUT2D eigenvalue weighted by molar-refractivity contribution is 7.13. The van der Waals surface area contributed by atoms with Crippen LogP contribution >= 0.6 is 11.3 Å². The third-order valence-electron chi connectivity index (χ3n) is 2.29. The van der Waals surface area contributed by atoms with E-state index in [2.05, 4.69) is 10.3 Å². The molecular formula is C12H12N2OS. The van der Waals surface area contributed by atoms with Crippen molar-refractivity contribution in [2.45, 2.75) is 13.8 Å². The maximum atomic E-state index is 11.9. The second-order valence-electron chi connectivity index (χ2n) is 3.61. The minimum Gasteiger partial charge on any atom is -0.298 e. The van der Waals surface area contributed by atoms with Gasteiger partial charge in [0.1, 0.15) is 0 Å². The summed E-state index contributed by atoms with van der Waals surface area (Å²) in [5, 5.41) is 5.24. The summed E-state index contributed by atoms with van der Waals surface area (Å²) >= 11 is 1.41. The zero-order valence-electron chi connectivity index (χ0n) is 9.15. The number of rotatable bonds is 2. The van der Waals surface area contributed by atoms with Crippen molar-refractivity contribution in [3.05, 3.63) is 46.5 Å². The number of amides is 1. The summed E-state index contributed by atoms with van der Waals surface area (Å²) in [4.78, 5) is 16.0. The molecule has 1 heterocycles. The zero-order chi connectivity index (χ0) is 11.5. The average Bonchev–Trinajstić information content (AvgIpc) is 2.74. The summed E-state index contributed by atoms with van der Waals surface area (Å²) in [6, 6.07) is 5.83. The van der Waals surface area contributed by atoms with E-state index < -0.39 is 0 Å². The van der Waals surface area contributed by atoms with Crippen molar-refractivity contribution in [3.8, 4) is 0 Å². The molecule has 2 aromatic rings. The van der Waals surface area contributed by atoms with Gasteiger partial charge in [0.05, 0.1) is 0 Å². The maximum absolute atomic E-state index is 11.9. The van der Waals surface area contributed by atoms with Crippen LogP contribution in [0.15, 0.2) is 29.8 Å². The van der Waals surface area contributed by atoms with Crippen molar-refractivity contribution in [1.82, 2.24) is 4.98 Å². The van der Waals surface area contributed by atoms with Crippen molar-refractivity contribution in [2.75, 3.05) is 5.32 Å². The average molecular weight is 232 g/mol. The molecule has 0 aliphatic heterocycles. The van der Waals surface area contributed by atoms with E-state index >= 15 is 0 Å². The minimum absolute atomic E-state index is 0.101. The van der Waals surface area contributed by atoms with Gasteiger partial charge in [0.2, 0.25) is 0 Å². The molecule has 1 amide bonds. The number of nitrogens with zero attached hydrogens (tertiary/aromatic N) is 1. The Kier molecular flexibility index (Phi) is 3.01. The number of thiazole rings is 1. The first-order chi connectivity index (χ1) is 7.66. The first-order valence-electron chi connectivity index (χ1n) is 4.95. The molecule has 0 aliphatic rings. The van der Waals surface area contributed by atoms with Gasteiger partial charge in [-0.3, -0.25) is 10.1 Å². The molecule has 2 rings (SSSR count). The van der Waals surface area contributed by atoms with Crippen LogP contribution in [0.4, 0.5) is 5.13 Å². The summed E-state index contributed by atoms with van der Waals surface area (Å²) < 4.78 is 0. The van der Waals surface area contributed by atoms with E-state index in [1.165, 1.54) is 11.3 Å². The van der Waals surface area contributed by atoms with Crippen LogP contribution in [0, 0.1) is 13.8 Å². The van der Waals surface area contributed by atoms with Gasteiger partial charge in [-0.1, -0.05) is 17.7 Å². The molecule has 3 nitrogen and oxygen atoms in total. The van der Waals surface area contributed by atoms with Crippen molar-refractivity contribution in [3.63, 3.8) is 0 Å². The molecule has 1 N–H and O–H groups in total. The fourth-order valence-corrected chi connectivity index (χ4v) is 1.95. The van der Waals surface area contributed by atoms with Crippen LogP contribution in [-0.2, 0) is 0 Å². The van der Waals surface area contributed by atoms with Gasteiger partial charge in [0, 0.05) is 17.1 Å². The molecule has 0 spiro atoms. The lowest BCUT2D eigenvalue weighted by Crippen LogP contribution is -2.13. The van der Waals surface area contributed by atoms with Gasteiger partial charge in [-0.2, -0.15) is 0 Å². The van der Waals surface area contributed by atoms with Crippen LogP contribution in [-0.4, -0.2) is 10.9 Å². The lowest BCUT2D eigenvalue weighted by molar-refractivity contribution is 0.102. The fourth-order valence-electron chi connectivity index (χ4n) is 1.43. The Morgan fingerprint density at radius 1 is 1.38 bits per heavy atom. The summed E-state index contributed by atoms with van der Waals surface area (Å²) in [6.07, 6.45) is 1.67. The second kappa shape index (κ2) is 4.45. The number of aryl methyl sites for hydroxylation is 2. The molecule has 4 heteroatoms. The van der Waals surface area contributed by atoms with E-state index in [1.54, 1.807) is 6.20 Å². The molecule has 0 fully saturated rings. The van der Waals surface area contributed by atoms with E-state index in [1.807, 2.05) is 37.4 Å². The Bertz CT molecular complexity index is 506. The Hall–Kier alpha value is -1.68. The first-order valence-corrected chi connectivity index (χ1v) is 5.83. The van der Waals surface area contributed by atoms with Crippen LogP contribution in [0.25, 0.3) is 0 Å². The topological polar surface area (TPSA) is 42.0 Å². The molecule has 0 aliphatic carbocycles. The molecule has 0 atom stereocenters. The number of benzene rings is 1. The van der Waals surface area contributed by atoms with Crippen LogP contribution in [0.1, 0.15) is 21.5 Å². The smallest absolute Gasteiger partial charge is 0.257 e. The highest BCUT2D eigenvalue weighted by Crippen LogP contribution is 2.15. The van der Waals surface area contributed by atoms with Crippen molar-refractivity contribution in [2.24, 2.45) is 0 Å². The number of carbonyl (C=O) groups excluding carboxylic acids is 1. The van der Waals surface area contributed by atoms with E-state index in [9.17, 15) is 4.79 Å². The molecular weight excluding hydrogens is 220 g/mol. The van der Waals surface area contributed by atoms with Gasteiger partial charge >= 0.3 is 0 Å². The number of aromatic nitrogens is 1. The molecule has 0 radical (unpaired) electrons. The summed E-state index contributed by atoms with van der Waals surface area (Å²) in [5.74, 6) is -0.101. The number of hydrogen-bond donors (Lipinski definition) is 1. The largest absolute Gasteiger partial charge is 0.298 e. The highest BCUT2D eigenvalue weighted by atomic mass is 32.1. The number of anilines is 1. The number of nitrogens with one attached hydrogen (secondary N) is 1. The molecule has 0 saturated heterocycles. The van der Waals surface area contributed by atoms with E-state index in [-0.39, 0.29) is 5.91 Å². The Morgan fingerprint density at radius 2 is 2.19 bits per heavy atom. The normalized spacial score (nSPS) is 10.1. The molecule has 0 bridgehead atoms. The monoisotopic (exact) mass is 232 g/mol. The third-order valence-corrected chi connectivity index (χ3v) is 2.98. The quantitative estimate of drug-likeness (QED) is 0.864. The molecule has 1 aromatic heterocycles. The van der Waals surface area contributed by atoms with Crippen LogP contribution in [0.3, 0.4) is 0 Å². The van der Waals surface area contributed by atoms with Crippen molar-refractivity contribution >= 4 is 22.4 Å². The van der Waals surface area contributed by atoms with E-state index in [0.717, 1.165) is 11.1 Å². The van der Waals surface area contributed by atoms with Crippen molar-refractivity contribution < 1.29 is 4.79 Å². The standard InChI is InChI=1S/C12H12N2OS/c1-8-3-4-9(2)10(7-8)11(15)14-12-13-5-6-16-12/h3-7H,1-2H3,(H,13,14,15). The Labute approximate surface area is 98.2 Å².